The minimum Gasteiger partial charge on any atom is -0.351 e. The quantitative estimate of drug-likeness (QED) is 0.625. The fourth-order valence-corrected chi connectivity index (χ4v) is 1.80. The molecule has 0 aromatic carbocycles. The molecule has 0 bridgehead atoms. The zero-order valence-electron chi connectivity index (χ0n) is 12.0. The third-order valence-electron chi connectivity index (χ3n) is 3.03. The van der Waals surface area contributed by atoms with Gasteiger partial charge < -0.3 is 10.6 Å². The molecule has 1 aromatic heterocycles. The number of nitrogens with zero attached hydrogens (tertiary/aromatic N) is 4. The lowest BCUT2D eigenvalue weighted by Crippen LogP contribution is -2.39. The number of aromatic nitrogens is 1. The minimum absolute atomic E-state index is 0.154. The summed E-state index contributed by atoms with van der Waals surface area (Å²) in [5.74, 6) is 0.276. The molecule has 20 heavy (non-hydrogen) atoms. The van der Waals surface area contributed by atoms with Crippen molar-refractivity contribution in [3.05, 3.63) is 27.9 Å². The number of hydrogen-bond acceptors (Lipinski definition) is 6. The van der Waals surface area contributed by atoms with E-state index < -0.39 is 4.92 Å². The van der Waals surface area contributed by atoms with E-state index in [4.69, 9.17) is 11.0 Å². The number of nitriles is 1. The van der Waals surface area contributed by atoms with E-state index >= 15 is 0 Å². The fraction of sp³-hybridized carbons (Fsp3) is 0.538. The van der Waals surface area contributed by atoms with Gasteiger partial charge in [0, 0.05) is 25.4 Å². The Bertz CT molecular complexity index is 536. The van der Waals surface area contributed by atoms with Crippen molar-refractivity contribution >= 4 is 11.5 Å². The summed E-state index contributed by atoms with van der Waals surface area (Å²) in [6, 6.07) is 3.11. The lowest BCUT2D eigenvalue weighted by Gasteiger charge is -2.31. The largest absolute Gasteiger partial charge is 0.351 e. The standard InChI is InChI=1S/C13H19N5O2/c1-4-17(9-13(2,3)8-15)12-11(18(19)20)5-10(6-14)7-16-12/h5,7H,4,8-9,15H2,1-3H3. The van der Waals surface area contributed by atoms with Crippen LogP contribution in [0.1, 0.15) is 26.3 Å². The van der Waals surface area contributed by atoms with E-state index in [0.29, 0.717) is 19.6 Å². The van der Waals surface area contributed by atoms with Crippen LogP contribution in [0.25, 0.3) is 0 Å². The van der Waals surface area contributed by atoms with Crippen molar-refractivity contribution in [2.45, 2.75) is 20.8 Å². The van der Waals surface area contributed by atoms with E-state index in [9.17, 15) is 10.1 Å². The predicted octanol–water partition coefficient (Wildman–Crippen LogP) is 1.67. The van der Waals surface area contributed by atoms with Crippen LogP contribution in [0, 0.1) is 26.9 Å². The highest BCUT2D eigenvalue weighted by Crippen LogP contribution is 2.28. The Labute approximate surface area is 118 Å². The van der Waals surface area contributed by atoms with Crippen LogP contribution in [0.4, 0.5) is 11.5 Å². The molecule has 0 atom stereocenters. The Morgan fingerprint density at radius 2 is 2.25 bits per heavy atom. The highest BCUT2D eigenvalue weighted by Gasteiger charge is 2.26. The zero-order valence-corrected chi connectivity index (χ0v) is 12.0. The third kappa shape index (κ3) is 3.65. The van der Waals surface area contributed by atoms with Crippen molar-refractivity contribution in [3.8, 4) is 6.07 Å². The van der Waals surface area contributed by atoms with Gasteiger partial charge in [0.15, 0.2) is 0 Å². The summed E-state index contributed by atoms with van der Waals surface area (Å²) in [4.78, 5) is 16.5. The lowest BCUT2D eigenvalue weighted by molar-refractivity contribution is -0.384. The van der Waals surface area contributed by atoms with Crippen LogP contribution in [0.5, 0.6) is 0 Å². The smallest absolute Gasteiger partial charge is 0.312 e. The second kappa shape index (κ2) is 6.30. The van der Waals surface area contributed by atoms with Crippen LogP contribution in [0.15, 0.2) is 12.3 Å². The second-order valence-corrected chi connectivity index (χ2v) is 5.32. The molecule has 0 aliphatic rings. The van der Waals surface area contributed by atoms with E-state index in [-0.39, 0.29) is 22.5 Å². The highest BCUT2D eigenvalue weighted by atomic mass is 16.6. The fourth-order valence-electron chi connectivity index (χ4n) is 1.80. The molecule has 0 aliphatic carbocycles. The van der Waals surface area contributed by atoms with E-state index in [1.165, 1.54) is 12.3 Å². The summed E-state index contributed by atoms with van der Waals surface area (Å²) in [6.45, 7) is 7.48. The van der Waals surface area contributed by atoms with Crippen LogP contribution in [0.2, 0.25) is 0 Å². The van der Waals surface area contributed by atoms with Crippen molar-refractivity contribution in [2.75, 3.05) is 24.5 Å². The molecule has 1 aromatic rings. The van der Waals surface area contributed by atoms with Gasteiger partial charge in [-0.15, -0.1) is 0 Å². The first kappa shape index (κ1) is 15.9. The van der Waals surface area contributed by atoms with Gasteiger partial charge in [0.2, 0.25) is 5.82 Å². The normalized spacial score (nSPS) is 10.9. The van der Waals surface area contributed by atoms with Gasteiger partial charge in [-0.2, -0.15) is 5.26 Å². The molecule has 108 valence electrons. The van der Waals surface area contributed by atoms with Gasteiger partial charge >= 0.3 is 5.69 Å². The molecule has 2 N–H and O–H groups in total. The molecule has 7 heteroatoms. The first-order valence-corrected chi connectivity index (χ1v) is 6.34. The Morgan fingerprint density at radius 1 is 1.60 bits per heavy atom. The Balaban J connectivity index is 3.22. The molecule has 7 nitrogen and oxygen atoms in total. The molecule has 0 unspecified atom stereocenters. The van der Waals surface area contributed by atoms with Gasteiger partial charge in [-0.1, -0.05) is 13.8 Å². The monoisotopic (exact) mass is 277 g/mol. The van der Waals surface area contributed by atoms with Crippen molar-refractivity contribution in [2.24, 2.45) is 11.1 Å². The average Bonchev–Trinajstić information content (AvgIpc) is 2.44. The molecule has 0 spiro atoms. The molecule has 0 saturated carbocycles. The van der Waals surface area contributed by atoms with E-state index in [0.717, 1.165) is 0 Å². The van der Waals surface area contributed by atoms with Crippen LogP contribution in [-0.4, -0.2) is 29.5 Å². The maximum absolute atomic E-state index is 11.2. The average molecular weight is 277 g/mol. The molecule has 0 aliphatic heterocycles. The van der Waals surface area contributed by atoms with Gasteiger partial charge in [-0.25, -0.2) is 4.98 Å². The summed E-state index contributed by atoms with van der Waals surface area (Å²) >= 11 is 0. The molecule has 0 amide bonds. The summed E-state index contributed by atoms with van der Waals surface area (Å²) in [6.07, 6.45) is 1.35. The number of rotatable bonds is 6. The molecular formula is C13H19N5O2. The van der Waals surface area contributed by atoms with Crippen molar-refractivity contribution in [1.82, 2.24) is 4.98 Å². The molecule has 0 fully saturated rings. The maximum atomic E-state index is 11.2. The molecular weight excluding hydrogens is 258 g/mol. The third-order valence-corrected chi connectivity index (χ3v) is 3.03. The van der Waals surface area contributed by atoms with Crippen LogP contribution < -0.4 is 10.6 Å². The van der Waals surface area contributed by atoms with Gasteiger partial charge in [-0.3, -0.25) is 10.1 Å². The van der Waals surface area contributed by atoms with Crippen molar-refractivity contribution in [1.29, 1.82) is 5.26 Å². The van der Waals surface area contributed by atoms with E-state index in [1.807, 2.05) is 31.7 Å². The SMILES string of the molecule is CCN(CC(C)(C)CN)c1ncc(C#N)cc1[N+](=O)[O-]. The van der Waals surface area contributed by atoms with Crippen LogP contribution in [0.3, 0.4) is 0 Å². The Hall–Kier alpha value is -2.20. The molecule has 0 saturated heterocycles. The predicted molar refractivity (Wildman–Crippen MR) is 76.3 cm³/mol. The summed E-state index contributed by atoms with van der Waals surface area (Å²) in [7, 11) is 0. The van der Waals surface area contributed by atoms with Gasteiger partial charge in [0.05, 0.1) is 10.5 Å². The first-order valence-electron chi connectivity index (χ1n) is 6.34. The highest BCUT2D eigenvalue weighted by molar-refractivity contribution is 5.60. The molecule has 0 radical (unpaired) electrons. The number of pyridine rings is 1. The number of hydrogen-bond donors (Lipinski definition) is 1. The molecule has 1 heterocycles. The minimum atomic E-state index is -0.513. The van der Waals surface area contributed by atoms with Crippen molar-refractivity contribution < 1.29 is 4.92 Å². The Morgan fingerprint density at radius 3 is 2.70 bits per heavy atom. The number of anilines is 1. The van der Waals surface area contributed by atoms with Gasteiger partial charge in [0.25, 0.3) is 0 Å². The topological polar surface area (TPSA) is 109 Å². The second-order valence-electron chi connectivity index (χ2n) is 5.32. The first-order chi connectivity index (χ1) is 9.34. The van der Waals surface area contributed by atoms with Crippen LogP contribution in [-0.2, 0) is 0 Å². The summed E-state index contributed by atoms with van der Waals surface area (Å²) < 4.78 is 0. The number of nitro groups is 1. The summed E-state index contributed by atoms with van der Waals surface area (Å²) in [5, 5.41) is 20.0. The van der Waals surface area contributed by atoms with Gasteiger partial charge in [-0.05, 0) is 18.9 Å². The van der Waals surface area contributed by atoms with E-state index in [2.05, 4.69) is 4.98 Å². The van der Waals surface area contributed by atoms with E-state index in [1.54, 1.807) is 0 Å². The zero-order chi connectivity index (χ0) is 15.3. The summed E-state index contributed by atoms with van der Waals surface area (Å²) in [5.41, 5.74) is 5.55. The van der Waals surface area contributed by atoms with Gasteiger partial charge in [0.1, 0.15) is 6.07 Å². The Kier molecular flexibility index (Phi) is 5.00. The van der Waals surface area contributed by atoms with Crippen molar-refractivity contribution in [3.63, 3.8) is 0 Å². The number of nitrogens with two attached hydrogens (primary N) is 1. The maximum Gasteiger partial charge on any atom is 0.312 e. The lowest BCUT2D eigenvalue weighted by atomic mass is 9.93. The molecule has 1 rings (SSSR count). The van der Waals surface area contributed by atoms with Crippen LogP contribution >= 0.6 is 0 Å².